The summed E-state index contributed by atoms with van der Waals surface area (Å²) >= 11 is 0. The van der Waals surface area contributed by atoms with Crippen molar-refractivity contribution in [1.82, 2.24) is 19.7 Å². The maximum Gasteiger partial charge on any atom is 0.132 e. The van der Waals surface area contributed by atoms with E-state index in [-0.39, 0.29) is 6.10 Å². The largest absolute Gasteiger partial charge is 0.393 e. The van der Waals surface area contributed by atoms with Crippen LogP contribution in [0, 0.1) is 0 Å². The molecule has 3 aromatic rings. The summed E-state index contributed by atoms with van der Waals surface area (Å²) in [5, 5.41) is 17.8. The van der Waals surface area contributed by atoms with Gasteiger partial charge in [-0.15, -0.1) is 0 Å². The number of hydrogen-bond acceptors (Lipinski definition) is 7. The van der Waals surface area contributed by atoms with Gasteiger partial charge in [-0.3, -0.25) is 4.90 Å². The number of anilines is 3. The van der Waals surface area contributed by atoms with Gasteiger partial charge in [0.05, 0.1) is 30.7 Å². The molecule has 168 valence electrons. The van der Waals surface area contributed by atoms with E-state index in [0.29, 0.717) is 0 Å². The summed E-state index contributed by atoms with van der Waals surface area (Å²) in [5.41, 5.74) is 4.21. The average Bonchev–Trinajstić information content (AvgIpc) is 3.30. The third-order valence-electron chi connectivity index (χ3n) is 6.11. The number of nitrogens with one attached hydrogen (secondary N) is 1. The van der Waals surface area contributed by atoms with E-state index < -0.39 is 0 Å². The summed E-state index contributed by atoms with van der Waals surface area (Å²) in [7, 11) is 0. The van der Waals surface area contributed by atoms with Crippen molar-refractivity contribution in [3.05, 3.63) is 60.6 Å². The van der Waals surface area contributed by atoms with Crippen molar-refractivity contribution in [2.24, 2.45) is 0 Å². The number of aromatic nitrogens is 3. The smallest absolute Gasteiger partial charge is 0.132 e. The predicted octanol–water partition coefficient (Wildman–Crippen LogP) is 2.80. The van der Waals surface area contributed by atoms with E-state index in [1.54, 1.807) is 6.20 Å². The average molecular weight is 435 g/mol. The van der Waals surface area contributed by atoms with E-state index in [2.05, 4.69) is 50.4 Å². The molecule has 0 atom stereocenters. The third kappa shape index (κ3) is 5.09. The molecule has 0 aliphatic carbocycles. The van der Waals surface area contributed by atoms with Crippen molar-refractivity contribution >= 4 is 17.2 Å². The highest BCUT2D eigenvalue weighted by Gasteiger charge is 2.18. The zero-order valence-electron chi connectivity index (χ0n) is 18.2. The number of morpholine rings is 1. The van der Waals surface area contributed by atoms with Crippen LogP contribution in [0.25, 0.3) is 5.69 Å². The maximum atomic E-state index is 9.69. The van der Waals surface area contributed by atoms with E-state index in [4.69, 9.17) is 9.84 Å². The SMILES string of the molecule is OC1CCN(Cc2ccn(-c3ccnc(Nc4ccc(N5CCOCC5)cc4)c3)n2)CC1. The van der Waals surface area contributed by atoms with Crippen LogP contribution in [-0.2, 0) is 11.3 Å². The molecule has 0 amide bonds. The van der Waals surface area contributed by atoms with Crippen LogP contribution in [-0.4, -0.2) is 70.3 Å². The van der Waals surface area contributed by atoms with E-state index >= 15 is 0 Å². The topological polar surface area (TPSA) is 78.7 Å². The van der Waals surface area contributed by atoms with Crippen molar-refractivity contribution in [2.75, 3.05) is 49.6 Å². The van der Waals surface area contributed by atoms with Crippen molar-refractivity contribution in [3.8, 4) is 5.69 Å². The zero-order valence-corrected chi connectivity index (χ0v) is 18.2. The van der Waals surface area contributed by atoms with Crippen LogP contribution in [0.15, 0.2) is 54.9 Å². The molecule has 5 rings (SSSR count). The molecule has 32 heavy (non-hydrogen) atoms. The normalized spacial score (nSPS) is 18.1. The molecule has 0 saturated carbocycles. The fourth-order valence-corrected chi connectivity index (χ4v) is 4.25. The van der Waals surface area contributed by atoms with E-state index in [1.807, 2.05) is 23.0 Å². The van der Waals surface area contributed by atoms with E-state index in [0.717, 1.165) is 81.7 Å². The van der Waals surface area contributed by atoms with Crippen molar-refractivity contribution in [1.29, 1.82) is 0 Å². The molecule has 0 bridgehead atoms. The fraction of sp³-hybridized carbons (Fsp3) is 0.417. The first kappa shape index (κ1) is 20.9. The summed E-state index contributed by atoms with van der Waals surface area (Å²) in [5.74, 6) is 0.781. The highest BCUT2D eigenvalue weighted by Crippen LogP contribution is 2.22. The van der Waals surface area contributed by atoms with E-state index in [1.165, 1.54) is 5.69 Å². The van der Waals surface area contributed by atoms with Gasteiger partial charge in [-0.05, 0) is 49.2 Å². The van der Waals surface area contributed by atoms with Gasteiger partial charge in [0, 0.05) is 62.6 Å². The lowest BCUT2D eigenvalue weighted by molar-refractivity contribution is 0.0786. The molecule has 2 N–H and O–H groups in total. The summed E-state index contributed by atoms with van der Waals surface area (Å²) in [4.78, 5) is 9.16. The number of aliphatic hydroxyl groups excluding tert-OH is 1. The maximum absolute atomic E-state index is 9.69. The number of nitrogens with zero attached hydrogens (tertiary/aromatic N) is 5. The first-order chi connectivity index (χ1) is 15.7. The quantitative estimate of drug-likeness (QED) is 0.618. The third-order valence-corrected chi connectivity index (χ3v) is 6.11. The lowest BCUT2D eigenvalue weighted by atomic mass is 10.1. The minimum Gasteiger partial charge on any atom is -0.393 e. The van der Waals surface area contributed by atoms with Gasteiger partial charge in [-0.2, -0.15) is 5.10 Å². The van der Waals surface area contributed by atoms with Gasteiger partial charge in [0.15, 0.2) is 0 Å². The number of benzene rings is 1. The second kappa shape index (κ2) is 9.68. The van der Waals surface area contributed by atoms with Gasteiger partial charge in [0.25, 0.3) is 0 Å². The van der Waals surface area contributed by atoms with Crippen LogP contribution in [0.5, 0.6) is 0 Å². The Morgan fingerprint density at radius 3 is 2.53 bits per heavy atom. The molecule has 2 fully saturated rings. The number of hydrogen-bond donors (Lipinski definition) is 2. The van der Waals surface area contributed by atoms with Gasteiger partial charge in [-0.1, -0.05) is 0 Å². The number of rotatable bonds is 6. The molecule has 2 saturated heterocycles. The van der Waals surface area contributed by atoms with Gasteiger partial charge in [-0.25, -0.2) is 9.67 Å². The second-order valence-electron chi connectivity index (χ2n) is 8.43. The Hall–Kier alpha value is -2.94. The molecular formula is C24H30N6O2. The number of ether oxygens (including phenoxy) is 1. The lowest BCUT2D eigenvalue weighted by Gasteiger charge is -2.28. The van der Waals surface area contributed by atoms with Crippen molar-refractivity contribution in [2.45, 2.75) is 25.5 Å². The number of piperidine rings is 1. The summed E-state index contributed by atoms with van der Waals surface area (Å²) < 4.78 is 7.33. The molecule has 0 spiro atoms. The number of aliphatic hydroxyl groups is 1. The first-order valence-corrected chi connectivity index (χ1v) is 11.3. The fourth-order valence-electron chi connectivity index (χ4n) is 4.25. The molecule has 0 radical (unpaired) electrons. The Morgan fingerprint density at radius 1 is 0.969 bits per heavy atom. The summed E-state index contributed by atoms with van der Waals surface area (Å²) in [6.45, 7) is 6.08. The monoisotopic (exact) mass is 434 g/mol. The highest BCUT2D eigenvalue weighted by molar-refractivity contribution is 5.62. The Morgan fingerprint density at radius 2 is 1.75 bits per heavy atom. The zero-order chi connectivity index (χ0) is 21.8. The molecule has 2 aromatic heterocycles. The van der Waals surface area contributed by atoms with Crippen LogP contribution < -0.4 is 10.2 Å². The van der Waals surface area contributed by atoms with Gasteiger partial charge in [0.2, 0.25) is 0 Å². The molecule has 1 aromatic carbocycles. The highest BCUT2D eigenvalue weighted by atomic mass is 16.5. The van der Waals surface area contributed by atoms with Crippen LogP contribution in [0.4, 0.5) is 17.2 Å². The molecule has 8 heteroatoms. The minimum atomic E-state index is -0.151. The van der Waals surface area contributed by atoms with Crippen molar-refractivity contribution in [3.63, 3.8) is 0 Å². The Bertz CT molecular complexity index is 1010. The molecule has 2 aliphatic heterocycles. The summed E-state index contributed by atoms with van der Waals surface area (Å²) in [6.07, 6.45) is 5.32. The van der Waals surface area contributed by atoms with Crippen LogP contribution in [0.3, 0.4) is 0 Å². The van der Waals surface area contributed by atoms with Crippen LogP contribution >= 0.6 is 0 Å². The van der Waals surface area contributed by atoms with E-state index in [9.17, 15) is 5.11 Å². The predicted molar refractivity (Wildman–Crippen MR) is 125 cm³/mol. The minimum absolute atomic E-state index is 0.151. The van der Waals surface area contributed by atoms with Crippen LogP contribution in [0.2, 0.25) is 0 Å². The molecule has 2 aliphatic rings. The van der Waals surface area contributed by atoms with Crippen LogP contribution in [0.1, 0.15) is 18.5 Å². The second-order valence-corrected chi connectivity index (χ2v) is 8.43. The molecular weight excluding hydrogens is 404 g/mol. The van der Waals surface area contributed by atoms with Gasteiger partial charge >= 0.3 is 0 Å². The number of likely N-dealkylation sites (tertiary alicyclic amines) is 1. The standard InChI is InChI=1S/C24H30N6O2/c31-23-7-10-28(11-8-23)18-20-6-12-30(27-20)22-5-9-25-24(17-22)26-19-1-3-21(4-2-19)29-13-15-32-16-14-29/h1-6,9,12,17,23,31H,7-8,10-11,13-16,18H2,(H,25,26). The molecule has 8 nitrogen and oxygen atoms in total. The summed E-state index contributed by atoms with van der Waals surface area (Å²) in [6, 6.07) is 14.5. The lowest BCUT2D eigenvalue weighted by Crippen LogP contribution is -2.36. The van der Waals surface area contributed by atoms with Crippen molar-refractivity contribution < 1.29 is 9.84 Å². The molecule has 4 heterocycles. The number of pyridine rings is 1. The first-order valence-electron chi connectivity index (χ1n) is 11.3. The Labute approximate surface area is 188 Å². The Kier molecular flexibility index (Phi) is 6.34. The Balaban J connectivity index is 1.22. The van der Waals surface area contributed by atoms with Gasteiger partial charge < -0.3 is 20.1 Å². The molecule has 0 unspecified atom stereocenters. The van der Waals surface area contributed by atoms with Gasteiger partial charge in [0.1, 0.15) is 5.82 Å².